The third-order valence-electron chi connectivity index (χ3n) is 4.39. The van der Waals surface area contributed by atoms with E-state index in [-0.39, 0.29) is 12.4 Å². The number of rotatable bonds is 9. The Morgan fingerprint density at radius 3 is 2.11 bits per heavy atom. The minimum absolute atomic E-state index is 0. The van der Waals surface area contributed by atoms with Gasteiger partial charge < -0.3 is 14.8 Å². The molecule has 3 rings (SSSR count). The fourth-order valence-corrected chi connectivity index (χ4v) is 3.11. The van der Waals surface area contributed by atoms with Gasteiger partial charge >= 0.3 is 0 Å². The molecule has 0 saturated heterocycles. The van der Waals surface area contributed by atoms with Gasteiger partial charge in [0.25, 0.3) is 0 Å². The second kappa shape index (κ2) is 11.6. The van der Waals surface area contributed by atoms with E-state index in [1.165, 1.54) is 5.56 Å². The van der Waals surface area contributed by atoms with Gasteiger partial charge in [-0.25, -0.2) is 0 Å². The SMILES string of the molecule is COc1ccccc1CCNCc1ccccc1OCc1ccccc1Cl.Cl. The molecule has 0 heterocycles. The first kappa shape index (κ1) is 22.1. The maximum atomic E-state index is 6.21. The Kier molecular flexibility index (Phi) is 9.15. The van der Waals surface area contributed by atoms with Crippen molar-refractivity contribution in [3.63, 3.8) is 0 Å². The van der Waals surface area contributed by atoms with Crippen LogP contribution in [0.4, 0.5) is 0 Å². The molecule has 0 fully saturated rings. The van der Waals surface area contributed by atoms with E-state index in [2.05, 4.69) is 17.4 Å². The van der Waals surface area contributed by atoms with E-state index in [1.807, 2.05) is 60.7 Å². The number of benzene rings is 3. The zero-order valence-corrected chi connectivity index (χ0v) is 17.4. The molecule has 0 aromatic heterocycles. The van der Waals surface area contributed by atoms with E-state index in [4.69, 9.17) is 21.1 Å². The van der Waals surface area contributed by atoms with Crippen LogP contribution in [-0.2, 0) is 19.6 Å². The molecule has 0 unspecified atom stereocenters. The summed E-state index contributed by atoms with van der Waals surface area (Å²) in [5.74, 6) is 1.81. The molecule has 3 aromatic carbocycles. The molecular weight excluding hydrogens is 393 g/mol. The topological polar surface area (TPSA) is 30.5 Å². The Morgan fingerprint density at radius 2 is 1.39 bits per heavy atom. The Labute approximate surface area is 178 Å². The molecule has 0 spiro atoms. The van der Waals surface area contributed by atoms with Gasteiger partial charge in [0.1, 0.15) is 18.1 Å². The molecule has 0 aliphatic rings. The van der Waals surface area contributed by atoms with E-state index >= 15 is 0 Å². The van der Waals surface area contributed by atoms with Crippen LogP contribution in [0.2, 0.25) is 5.02 Å². The number of ether oxygens (including phenoxy) is 2. The summed E-state index contributed by atoms with van der Waals surface area (Å²) in [7, 11) is 1.71. The molecule has 3 aromatic rings. The van der Waals surface area contributed by atoms with Gasteiger partial charge in [-0.2, -0.15) is 0 Å². The number of hydrogen-bond acceptors (Lipinski definition) is 3. The van der Waals surface area contributed by atoms with Crippen molar-refractivity contribution in [2.45, 2.75) is 19.6 Å². The molecule has 0 radical (unpaired) electrons. The van der Waals surface area contributed by atoms with E-state index in [9.17, 15) is 0 Å². The highest BCUT2D eigenvalue weighted by atomic mass is 35.5. The van der Waals surface area contributed by atoms with Gasteiger partial charge in [0.05, 0.1) is 7.11 Å². The Bertz CT molecular complexity index is 870. The molecule has 5 heteroatoms. The summed E-state index contributed by atoms with van der Waals surface area (Å²) in [6, 6.07) is 24.0. The van der Waals surface area contributed by atoms with Crippen molar-refractivity contribution < 1.29 is 9.47 Å². The quantitative estimate of drug-likeness (QED) is 0.454. The molecule has 0 aliphatic carbocycles. The highest BCUT2D eigenvalue weighted by molar-refractivity contribution is 6.31. The zero-order chi connectivity index (χ0) is 18.9. The van der Waals surface area contributed by atoms with E-state index in [1.54, 1.807) is 7.11 Å². The Hall–Kier alpha value is -2.20. The van der Waals surface area contributed by atoms with Crippen LogP contribution in [0.1, 0.15) is 16.7 Å². The van der Waals surface area contributed by atoms with Gasteiger partial charge in [-0.1, -0.05) is 66.2 Å². The number of methoxy groups -OCH3 is 1. The van der Waals surface area contributed by atoms with Crippen molar-refractivity contribution in [3.05, 3.63) is 94.5 Å². The standard InChI is InChI=1S/C23H24ClNO2.ClH/c1-26-22-12-6-3-8-18(22)14-15-25-16-19-9-4-7-13-23(19)27-17-20-10-2-5-11-21(20)24;/h2-13,25H,14-17H2,1H3;1H. The van der Waals surface area contributed by atoms with Crippen molar-refractivity contribution in [1.82, 2.24) is 5.32 Å². The van der Waals surface area contributed by atoms with Crippen LogP contribution in [0, 0.1) is 0 Å². The second-order valence-electron chi connectivity index (χ2n) is 6.23. The first-order chi connectivity index (χ1) is 13.3. The lowest BCUT2D eigenvalue weighted by Crippen LogP contribution is -2.17. The average molecular weight is 418 g/mol. The third kappa shape index (κ3) is 6.16. The Morgan fingerprint density at radius 1 is 0.786 bits per heavy atom. The van der Waals surface area contributed by atoms with Crippen LogP contribution < -0.4 is 14.8 Å². The predicted octanol–water partition coefficient (Wildman–Crippen LogP) is 5.68. The molecule has 0 aliphatic heterocycles. The van der Waals surface area contributed by atoms with E-state index in [0.717, 1.165) is 47.2 Å². The van der Waals surface area contributed by atoms with Crippen molar-refractivity contribution in [1.29, 1.82) is 0 Å². The van der Waals surface area contributed by atoms with Crippen molar-refractivity contribution >= 4 is 24.0 Å². The highest BCUT2D eigenvalue weighted by Gasteiger charge is 2.06. The molecule has 0 atom stereocenters. The summed E-state index contributed by atoms with van der Waals surface area (Å²) in [5, 5.41) is 4.22. The lowest BCUT2D eigenvalue weighted by Gasteiger charge is -2.13. The largest absolute Gasteiger partial charge is 0.496 e. The fraction of sp³-hybridized carbons (Fsp3) is 0.217. The first-order valence-electron chi connectivity index (χ1n) is 9.04. The maximum Gasteiger partial charge on any atom is 0.124 e. The minimum atomic E-state index is 0. The summed E-state index contributed by atoms with van der Waals surface area (Å²) in [5.41, 5.74) is 3.32. The molecule has 0 bridgehead atoms. The van der Waals surface area contributed by atoms with Crippen LogP contribution in [0.15, 0.2) is 72.8 Å². The number of nitrogens with one attached hydrogen (secondary N) is 1. The first-order valence-corrected chi connectivity index (χ1v) is 9.42. The smallest absolute Gasteiger partial charge is 0.124 e. The Balaban J connectivity index is 0.00000280. The summed E-state index contributed by atoms with van der Waals surface area (Å²) in [6.07, 6.45) is 0.909. The van der Waals surface area contributed by atoms with Gasteiger partial charge in [-0.3, -0.25) is 0 Å². The average Bonchev–Trinajstić information content (AvgIpc) is 2.71. The zero-order valence-electron chi connectivity index (χ0n) is 15.9. The molecule has 1 N–H and O–H groups in total. The second-order valence-corrected chi connectivity index (χ2v) is 6.63. The van der Waals surface area contributed by atoms with Crippen molar-refractivity contribution in [2.75, 3.05) is 13.7 Å². The van der Waals surface area contributed by atoms with Crippen LogP contribution >= 0.6 is 24.0 Å². The van der Waals surface area contributed by atoms with Crippen molar-refractivity contribution in [3.8, 4) is 11.5 Å². The lowest BCUT2D eigenvalue weighted by atomic mass is 10.1. The van der Waals surface area contributed by atoms with Gasteiger partial charge in [-0.05, 0) is 36.7 Å². The van der Waals surface area contributed by atoms with Gasteiger partial charge in [-0.15, -0.1) is 12.4 Å². The molecule has 0 saturated carbocycles. The number of hydrogen-bond donors (Lipinski definition) is 1. The highest BCUT2D eigenvalue weighted by Crippen LogP contribution is 2.22. The maximum absolute atomic E-state index is 6.21. The molecule has 0 amide bonds. The minimum Gasteiger partial charge on any atom is -0.496 e. The number of halogens is 2. The summed E-state index contributed by atoms with van der Waals surface area (Å²) in [4.78, 5) is 0. The van der Waals surface area contributed by atoms with Crippen LogP contribution in [0.3, 0.4) is 0 Å². The monoisotopic (exact) mass is 417 g/mol. The van der Waals surface area contributed by atoms with E-state index in [0.29, 0.717) is 6.61 Å². The predicted molar refractivity (Wildman–Crippen MR) is 118 cm³/mol. The summed E-state index contributed by atoms with van der Waals surface area (Å²) >= 11 is 6.21. The van der Waals surface area contributed by atoms with Gasteiger partial charge in [0.2, 0.25) is 0 Å². The van der Waals surface area contributed by atoms with Gasteiger partial charge in [0.15, 0.2) is 0 Å². The molecule has 28 heavy (non-hydrogen) atoms. The van der Waals surface area contributed by atoms with Crippen LogP contribution in [-0.4, -0.2) is 13.7 Å². The third-order valence-corrected chi connectivity index (χ3v) is 4.76. The molecule has 3 nitrogen and oxygen atoms in total. The van der Waals surface area contributed by atoms with E-state index < -0.39 is 0 Å². The lowest BCUT2D eigenvalue weighted by molar-refractivity contribution is 0.302. The summed E-state index contributed by atoms with van der Waals surface area (Å²) in [6.45, 7) is 2.06. The van der Waals surface area contributed by atoms with Crippen LogP contribution in [0.5, 0.6) is 11.5 Å². The molecular formula is C23H25Cl2NO2. The van der Waals surface area contributed by atoms with Crippen LogP contribution in [0.25, 0.3) is 0 Å². The van der Waals surface area contributed by atoms with Gasteiger partial charge in [0, 0.05) is 22.7 Å². The number of para-hydroxylation sites is 2. The molecule has 148 valence electrons. The fourth-order valence-electron chi connectivity index (χ4n) is 2.92. The van der Waals surface area contributed by atoms with Crippen molar-refractivity contribution in [2.24, 2.45) is 0 Å². The normalized spacial score (nSPS) is 10.2. The summed E-state index contributed by atoms with van der Waals surface area (Å²) < 4.78 is 11.4.